The molecule has 5 nitrogen and oxygen atoms in total. The van der Waals surface area contributed by atoms with Crippen molar-refractivity contribution in [2.24, 2.45) is 0 Å². The molecular weight excluding hydrogens is 394 g/mol. The van der Waals surface area contributed by atoms with Gasteiger partial charge in [-0.25, -0.2) is 17.2 Å². The fraction of sp³-hybridized carbons (Fsp3) is 0.278. The van der Waals surface area contributed by atoms with Crippen molar-refractivity contribution in [1.29, 1.82) is 0 Å². The summed E-state index contributed by atoms with van der Waals surface area (Å²) in [5.74, 6) is -2.22. The molecule has 1 fully saturated rings. The van der Waals surface area contributed by atoms with Crippen molar-refractivity contribution < 1.29 is 22.0 Å². The van der Waals surface area contributed by atoms with Gasteiger partial charge < -0.3 is 5.32 Å². The van der Waals surface area contributed by atoms with E-state index < -0.39 is 21.7 Å². The summed E-state index contributed by atoms with van der Waals surface area (Å²) >= 11 is 1.07. The van der Waals surface area contributed by atoms with Crippen LogP contribution in [0.25, 0.3) is 0 Å². The molecule has 144 valence electrons. The van der Waals surface area contributed by atoms with Crippen LogP contribution < -0.4 is 5.32 Å². The van der Waals surface area contributed by atoms with Crippen molar-refractivity contribution in [1.82, 2.24) is 4.31 Å². The van der Waals surface area contributed by atoms with E-state index in [1.165, 1.54) is 34.6 Å². The Bertz CT molecular complexity index is 928. The zero-order valence-electron chi connectivity index (χ0n) is 14.3. The first-order valence-corrected chi connectivity index (χ1v) is 10.8. The number of sulfonamides is 1. The van der Waals surface area contributed by atoms with Crippen molar-refractivity contribution in [2.45, 2.75) is 22.6 Å². The number of halogens is 2. The van der Waals surface area contributed by atoms with Crippen LogP contribution in [0.2, 0.25) is 0 Å². The molecule has 1 aliphatic heterocycles. The van der Waals surface area contributed by atoms with Crippen LogP contribution in [0.15, 0.2) is 52.3 Å². The summed E-state index contributed by atoms with van der Waals surface area (Å²) < 4.78 is 52.4. The average molecular weight is 412 g/mol. The lowest BCUT2D eigenvalue weighted by atomic mass is 10.3. The van der Waals surface area contributed by atoms with Gasteiger partial charge in [-0.05, 0) is 55.3 Å². The first-order chi connectivity index (χ1) is 12.9. The minimum atomic E-state index is -3.49. The molecule has 0 aromatic heterocycles. The monoisotopic (exact) mass is 412 g/mol. The molecule has 2 aromatic carbocycles. The van der Waals surface area contributed by atoms with Gasteiger partial charge in [-0.3, -0.25) is 4.79 Å². The van der Waals surface area contributed by atoms with Gasteiger partial charge in [0.1, 0.15) is 0 Å². The van der Waals surface area contributed by atoms with E-state index in [2.05, 4.69) is 5.32 Å². The normalized spacial score (nSPS) is 15.0. The van der Waals surface area contributed by atoms with Gasteiger partial charge in [0.15, 0.2) is 11.6 Å². The molecule has 1 saturated heterocycles. The largest absolute Gasteiger partial charge is 0.325 e. The number of carbonyl (C=O) groups excluding carboxylic acids is 1. The summed E-state index contributed by atoms with van der Waals surface area (Å²) in [4.78, 5) is 12.6. The maximum atomic E-state index is 13.2. The predicted molar refractivity (Wildman–Crippen MR) is 100 cm³/mol. The maximum Gasteiger partial charge on any atom is 0.243 e. The Morgan fingerprint density at radius 2 is 1.70 bits per heavy atom. The van der Waals surface area contributed by atoms with E-state index in [4.69, 9.17) is 0 Å². The molecule has 9 heteroatoms. The lowest BCUT2D eigenvalue weighted by Crippen LogP contribution is -2.27. The lowest BCUT2D eigenvalue weighted by molar-refractivity contribution is -0.113. The zero-order chi connectivity index (χ0) is 19.4. The van der Waals surface area contributed by atoms with Crippen molar-refractivity contribution in [3.63, 3.8) is 0 Å². The van der Waals surface area contributed by atoms with Crippen molar-refractivity contribution >= 4 is 33.4 Å². The quantitative estimate of drug-likeness (QED) is 0.738. The summed E-state index contributed by atoms with van der Waals surface area (Å²) in [5, 5.41) is 2.65. The topological polar surface area (TPSA) is 66.5 Å². The number of amides is 1. The van der Waals surface area contributed by atoms with Gasteiger partial charge in [0, 0.05) is 23.7 Å². The molecule has 0 spiro atoms. The summed E-state index contributed by atoms with van der Waals surface area (Å²) in [6.07, 6.45) is 1.73. The number of thioether (sulfide) groups is 1. The minimum absolute atomic E-state index is 0.0128. The predicted octanol–water partition coefficient (Wildman–Crippen LogP) is 3.48. The van der Waals surface area contributed by atoms with Gasteiger partial charge in [-0.1, -0.05) is 0 Å². The number of nitrogens with one attached hydrogen (secondary N) is 1. The summed E-state index contributed by atoms with van der Waals surface area (Å²) in [5.41, 5.74) is 0.464. The first kappa shape index (κ1) is 19.8. The molecule has 0 radical (unpaired) electrons. The minimum Gasteiger partial charge on any atom is -0.325 e. The zero-order valence-corrected chi connectivity index (χ0v) is 16.0. The molecule has 3 rings (SSSR count). The molecule has 0 unspecified atom stereocenters. The molecule has 1 N–H and O–H groups in total. The van der Waals surface area contributed by atoms with Gasteiger partial charge in [0.25, 0.3) is 0 Å². The molecule has 0 saturated carbocycles. The highest BCUT2D eigenvalue weighted by Gasteiger charge is 2.26. The Hall–Kier alpha value is -1.97. The molecule has 1 heterocycles. The molecule has 27 heavy (non-hydrogen) atoms. The highest BCUT2D eigenvalue weighted by molar-refractivity contribution is 8.00. The van der Waals surface area contributed by atoms with E-state index >= 15 is 0 Å². The molecule has 2 aromatic rings. The van der Waals surface area contributed by atoms with Crippen LogP contribution in [-0.2, 0) is 14.8 Å². The molecule has 0 bridgehead atoms. The van der Waals surface area contributed by atoms with E-state index in [-0.39, 0.29) is 16.6 Å². The lowest BCUT2D eigenvalue weighted by Gasteiger charge is -2.15. The van der Waals surface area contributed by atoms with Crippen LogP contribution in [0.5, 0.6) is 0 Å². The van der Waals surface area contributed by atoms with Crippen molar-refractivity contribution in [3.05, 3.63) is 54.1 Å². The number of carbonyl (C=O) groups is 1. The summed E-state index contributed by atoms with van der Waals surface area (Å²) in [7, 11) is -3.49. The number of nitrogens with zero attached hydrogens (tertiary/aromatic N) is 1. The van der Waals surface area contributed by atoms with Crippen LogP contribution in [0.4, 0.5) is 14.5 Å². The molecule has 0 atom stereocenters. The van der Waals surface area contributed by atoms with Gasteiger partial charge in [-0.2, -0.15) is 4.31 Å². The van der Waals surface area contributed by atoms with E-state index in [0.29, 0.717) is 23.7 Å². The first-order valence-electron chi connectivity index (χ1n) is 8.34. The number of rotatable bonds is 6. The third kappa shape index (κ3) is 4.85. The fourth-order valence-corrected chi connectivity index (χ4v) is 4.94. The highest BCUT2D eigenvalue weighted by atomic mass is 32.2. The van der Waals surface area contributed by atoms with Gasteiger partial charge in [-0.15, -0.1) is 11.8 Å². The average Bonchev–Trinajstić information content (AvgIpc) is 3.19. The third-order valence-corrected chi connectivity index (χ3v) is 7.01. The van der Waals surface area contributed by atoms with Crippen LogP contribution in [0.3, 0.4) is 0 Å². The standard InChI is InChI=1S/C18H18F2N2O3S2/c19-16-8-5-14(11-17(16)20)26-12-18(23)21-13-3-6-15(7-4-13)27(24,25)22-9-1-2-10-22/h3-8,11H,1-2,9-10,12H2,(H,21,23). The Morgan fingerprint density at radius 1 is 1.04 bits per heavy atom. The fourth-order valence-electron chi connectivity index (χ4n) is 2.70. The summed E-state index contributed by atoms with van der Waals surface area (Å²) in [6, 6.07) is 9.43. The Balaban J connectivity index is 1.57. The second-order valence-electron chi connectivity index (χ2n) is 6.05. The maximum absolute atomic E-state index is 13.2. The van der Waals surface area contributed by atoms with Gasteiger partial charge in [0.05, 0.1) is 10.6 Å². The molecular formula is C18H18F2N2O3S2. The number of benzene rings is 2. The number of hydrogen-bond donors (Lipinski definition) is 1. The number of hydrogen-bond acceptors (Lipinski definition) is 4. The van der Waals surface area contributed by atoms with Crippen LogP contribution in [0, 0.1) is 11.6 Å². The van der Waals surface area contributed by atoms with Crippen LogP contribution >= 0.6 is 11.8 Å². The van der Waals surface area contributed by atoms with Crippen LogP contribution in [0.1, 0.15) is 12.8 Å². The second-order valence-corrected chi connectivity index (χ2v) is 9.04. The van der Waals surface area contributed by atoms with E-state index in [1.54, 1.807) is 0 Å². The van der Waals surface area contributed by atoms with E-state index in [1.807, 2.05) is 0 Å². The van der Waals surface area contributed by atoms with E-state index in [0.717, 1.165) is 36.7 Å². The van der Waals surface area contributed by atoms with Crippen LogP contribution in [-0.4, -0.2) is 37.5 Å². The number of anilines is 1. The SMILES string of the molecule is O=C(CSc1ccc(F)c(F)c1)Nc1ccc(S(=O)(=O)N2CCCC2)cc1. The summed E-state index contributed by atoms with van der Waals surface area (Å²) in [6.45, 7) is 1.06. The van der Waals surface area contributed by atoms with Gasteiger partial charge >= 0.3 is 0 Å². The third-order valence-electron chi connectivity index (χ3n) is 4.10. The molecule has 0 aliphatic carbocycles. The second kappa shape index (κ2) is 8.37. The molecule has 1 aliphatic rings. The highest BCUT2D eigenvalue weighted by Crippen LogP contribution is 2.23. The Kier molecular flexibility index (Phi) is 6.13. The van der Waals surface area contributed by atoms with Gasteiger partial charge in [0.2, 0.25) is 15.9 Å². The van der Waals surface area contributed by atoms with Crippen molar-refractivity contribution in [3.8, 4) is 0 Å². The van der Waals surface area contributed by atoms with Crippen molar-refractivity contribution in [2.75, 3.05) is 24.2 Å². The smallest absolute Gasteiger partial charge is 0.243 e. The Morgan fingerprint density at radius 3 is 2.33 bits per heavy atom. The van der Waals surface area contributed by atoms with E-state index in [9.17, 15) is 22.0 Å². The molecule has 1 amide bonds. The Labute approximate surface area is 160 Å².